The van der Waals surface area contributed by atoms with Crippen molar-refractivity contribution < 1.29 is 9.18 Å². The summed E-state index contributed by atoms with van der Waals surface area (Å²) in [4.78, 5) is 30.3. The van der Waals surface area contributed by atoms with Crippen molar-refractivity contribution in [2.24, 2.45) is 0 Å². The van der Waals surface area contributed by atoms with Crippen LogP contribution < -0.4 is 10.9 Å². The summed E-state index contributed by atoms with van der Waals surface area (Å²) < 4.78 is 15.8. The molecule has 0 spiro atoms. The van der Waals surface area contributed by atoms with E-state index in [9.17, 15) is 14.0 Å². The second kappa shape index (κ2) is 8.05. The Balaban J connectivity index is 1.46. The van der Waals surface area contributed by atoms with Gasteiger partial charge >= 0.3 is 0 Å². The van der Waals surface area contributed by atoms with Gasteiger partial charge in [0.15, 0.2) is 0 Å². The molecule has 4 rings (SSSR count). The summed E-state index contributed by atoms with van der Waals surface area (Å²) in [6.45, 7) is 0.234. The molecule has 1 amide bonds. The third kappa shape index (κ3) is 3.98. The number of thioether (sulfide) groups is 1. The Labute approximate surface area is 173 Å². The van der Waals surface area contributed by atoms with Crippen LogP contribution in [0.4, 0.5) is 4.39 Å². The summed E-state index contributed by atoms with van der Waals surface area (Å²) in [5.41, 5.74) is 1.26. The van der Waals surface area contributed by atoms with Crippen molar-refractivity contribution >= 4 is 44.5 Å². The van der Waals surface area contributed by atoms with Crippen LogP contribution in [0, 0.1) is 5.82 Å². The maximum Gasteiger partial charge on any atom is 0.261 e. The van der Waals surface area contributed by atoms with Gasteiger partial charge in [-0.2, -0.15) is 0 Å². The Hall–Kier alpha value is -2.19. The average molecular weight is 462 g/mol. The highest BCUT2D eigenvalue weighted by Gasteiger charge is 2.22. The molecule has 2 heterocycles. The fraction of sp³-hybridized carbons (Fsp3) is 0.250. The predicted molar refractivity (Wildman–Crippen MR) is 111 cm³/mol. The molecule has 0 bridgehead atoms. The number of nitrogens with one attached hydrogen (secondary N) is 1. The highest BCUT2D eigenvalue weighted by Crippen LogP contribution is 2.36. The first kappa shape index (κ1) is 19.1. The minimum absolute atomic E-state index is 0.148. The van der Waals surface area contributed by atoms with E-state index in [4.69, 9.17) is 0 Å². The zero-order valence-corrected chi connectivity index (χ0v) is 17.2. The third-order valence-electron chi connectivity index (χ3n) is 4.71. The molecule has 28 heavy (non-hydrogen) atoms. The van der Waals surface area contributed by atoms with Crippen LogP contribution in [0.5, 0.6) is 0 Å². The van der Waals surface area contributed by atoms with Crippen molar-refractivity contribution in [3.8, 4) is 0 Å². The molecule has 1 aromatic heterocycles. The summed E-state index contributed by atoms with van der Waals surface area (Å²) in [6.07, 6.45) is 2.36. The summed E-state index contributed by atoms with van der Waals surface area (Å²) in [5.74, 6) is 0.390. The largest absolute Gasteiger partial charge is 0.349 e. The van der Waals surface area contributed by atoms with Crippen LogP contribution in [0.15, 0.2) is 56.9 Å². The molecule has 5 nitrogen and oxygen atoms in total. The maximum absolute atomic E-state index is 13.6. The minimum atomic E-state index is -0.305. The molecule has 1 aliphatic rings. The van der Waals surface area contributed by atoms with Gasteiger partial charge in [-0.3, -0.25) is 14.2 Å². The van der Waals surface area contributed by atoms with Gasteiger partial charge in [0.25, 0.3) is 5.56 Å². The molecule has 0 aliphatic carbocycles. The number of hydrogen-bond donors (Lipinski definition) is 1. The number of halogens is 2. The van der Waals surface area contributed by atoms with Crippen molar-refractivity contribution in [2.75, 3.05) is 5.75 Å². The fourth-order valence-electron chi connectivity index (χ4n) is 3.29. The molecule has 1 unspecified atom stereocenters. The van der Waals surface area contributed by atoms with Crippen LogP contribution in [0.2, 0.25) is 0 Å². The van der Waals surface area contributed by atoms with E-state index in [1.54, 1.807) is 30.0 Å². The first-order valence-electron chi connectivity index (χ1n) is 8.87. The van der Waals surface area contributed by atoms with E-state index in [0.717, 1.165) is 27.1 Å². The Morgan fingerprint density at radius 3 is 3.04 bits per heavy atom. The number of carbonyl (C=O) groups is 1. The Bertz CT molecular complexity index is 1120. The second-order valence-corrected chi connectivity index (χ2v) is 8.65. The number of benzene rings is 2. The van der Waals surface area contributed by atoms with Gasteiger partial charge in [0.05, 0.1) is 23.3 Å². The van der Waals surface area contributed by atoms with E-state index >= 15 is 0 Å². The molecule has 1 aliphatic heterocycles. The standard InChI is InChI=1S/C20H17BrFN3O2S/c21-12-1-3-16-15(9-12)20(27)25(11-23-16)7-5-19(26)24-17-6-8-28-18-4-2-13(22)10-14(17)18/h1-4,9-11,17H,5-8H2,(H,24,26). The number of fused-ring (bicyclic) bond motifs is 2. The molecule has 1 atom stereocenters. The summed E-state index contributed by atoms with van der Waals surface area (Å²) >= 11 is 5.03. The SMILES string of the molecule is O=C(CCn1cnc2ccc(Br)cc2c1=O)NC1CCSc2ccc(F)cc21. The molecule has 0 radical (unpaired) electrons. The average Bonchev–Trinajstić information content (AvgIpc) is 2.68. The van der Waals surface area contributed by atoms with Crippen LogP contribution in [0.1, 0.15) is 24.4 Å². The van der Waals surface area contributed by atoms with Crippen LogP contribution >= 0.6 is 27.7 Å². The molecule has 1 N–H and O–H groups in total. The molecular formula is C20H17BrFN3O2S. The Morgan fingerprint density at radius 1 is 1.32 bits per heavy atom. The van der Waals surface area contributed by atoms with Crippen LogP contribution in [-0.4, -0.2) is 21.2 Å². The van der Waals surface area contributed by atoms with Crippen molar-refractivity contribution in [1.82, 2.24) is 14.9 Å². The second-order valence-electron chi connectivity index (χ2n) is 6.59. The molecule has 8 heteroatoms. The quantitative estimate of drug-likeness (QED) is 0.636. The molecule has 144 valence electrons. The van der Waals surface area contributed by atoms with Gasteiger partial charge in [-0.05, 0) is 48.4 Å². The summed E-state index contributed by atoms with van der Waals surface area (Å²) in [7, 11) is 0. The predicted octanol–water partition coefficient (Wildman–Crippen LogP) is 4.04. The first-order chi connectivity index (χ1) is 13.5. The molecule has 3 aromatic rings. The van der Waals surface area contributed by atoms with E-state index in [2.05, 4.69) is 26.2 Å². The zero-order chi connectivity index (χ0) is 19.7. The minimum Gasteiger partial charge on any atom is -0.349 e. The lowest BCUT2D eigenvalue weighted by molar-refractivity contribution is -0.122. The molecule has 0 fully saturated rings. The highest BCUT2D eigenvalue weighted by molar-refractivity contribution is 9.10. The van der Waals surface area contributed by atoms with Crippen LogP contribution in [-0.2, 0) is 11.3 Å². The number of amides is 1. The third-order valence-corrected chi connectivity index (χ3v) is 6.33. The van der Waals surface area contributed by atoms with Gasteiger partial charge in [-0.15, -0.1) is 11.8 Å². The summed E-state index contributed by atoms with van der Waals surface area (Å²) in [5, 5.41) is 3.48. The normalized spacial score (nSPS) is 16.0. The Morgan fingerprint density at radius 2 is 2.18 bits per heavy atom. The van der Waals surface area contributed by atoms with Gasteiger partial charge in [0.1, 0.15) is 5.82 Å². The fourth-order valence-corrected chi connectivity index (χ4v) is 4.76. The zero-order valence-electron chi connectivity index (χ0n) is 14.8. The molecule has 2 aromatic carbocycles. The smallest absolute Gasteiger partial charge is 0.261 e. The number of aromatic nitrogens is 2. The number of nitrogens with zero attached hydrogens (tertiary/aromatic N) is 2. The van der Waals surface area contributed by atoms with E-state index in [0.29, 0.717) is 10.9 Å². The lowest BCUT2D eigenvalue weighted by Crippen LogP contribution is -2.32. The van der Waals surface area contributed by atoms with E-state index < -0.39 is 0 Å². The lowest BCUT2D eigenvalue weighted by Gasteiger charge is -2.26. The van der Waals surface area contributed by atoms with Gasteiger partial charge in [-0.1, -0.05) is 15.9 Å². The topological polar surface area (TPSA) is 64.0 Å². The van der Waals surface area contributed by atoms with Gasteiger partial charge in [0.2, 0.25) is 5.91 Å². The first-order valence-corrected chi connectivity index (χ1v) is 10.7. The summed E-state index contributed by atoms with van der Waals surface area (Å²) in [6, 6.07) is 9.81. The number of carbonyl (C=O) groups excluding carboxylic acids is 1. The van der Waals surface area contributed by atoms with Crippen molar-refractivity contribution in [3.05, 3.63) is 68.9 Å². The number of aryl methyl sites for hydroxylation is 1. The van der Waals surface area contributed by atoms with Crippen molar-refractivity contribution in [3.63, 3.8) is 0 Å². The molecule has 0 saturated heterocycles. The molecular weight excluding hydrogens is 445 g/mol. The van der Waals surface area contributed by atoms with E-state index in [-0.39, 0.29) is 36.3 Å². The van der Waals surface area contributed by atoms with E-state index in [1.165, 1.54) is 23.0 Å². The monoisotopic (exact) mass is 461 g/mol. The van der Waals surface area contributed by atoms with Crippen LogP contribution in [0.3, 0.4) is 0 Å². The Kier molecular flexibility index (Phi) is 5.50. The van der Waals surface area contributed by atoms with Crippen molar-refractivity contribution in [1.29, 1.82) is 0 Å². The molecule has 0 saturated carbocycles. The number of hydrogen-bond acceptors (Lipinski definition) is 4. The van der Waals surface area contributed by atoms with Crippen LogP contribution in [0.25, 0.3) is 10.9 Å². The van der Waals surface area contributed by atoms with E-state index in [1.807, 2.05) is 6.07 Å². The van der Waals surface area contributed by atoms with Gasteiger partial charge in [-0.25, -0.2) is 9.37 Å². The van der Waals surface area contributed by atoms with Gasteiger partial charge < -0.3 is 5.32 Å². The number of rotatable bonds is 4. The van der Waals surface area contributed by atoms with Crippen molar-refractivity contribution in [2.45, 2.75) is 30.3 Å². The highest BCUT2D eigenvalue weighted by atomic mass is 79.9. The van der Waals surface area contributed by atoms with Gasteiger partial charge in [0, 0.05) is 28.1 Å². The maximum atomic E-state index is 13.6. The lowest BCUT2D eigenvalue weighted by atomic mass is 10.0.